The number of carbonyl (C=O) groups is 1. The summed E-state index contributed by atoms with van der Waals surface area (Å²) in [4.78, 5) is 13.9. The van der Waals surface area contributed by atoms with Crippen molar-refractivity contribution < 1.29 is 9.21 Å². The maximum atomic E-state index is 12.2. The van der Waals surface area contributed by atoms with Crippen molar-refractivity contribution in [1.29, 1.82) is 0 Å². The summed E-state index contributed by atoms with van der Waals surface area (Å²) in [6.45, 7) is 8.61. The van der Waals surface area contributed by atoms with E-state index in [0.717, 1.165) is 42.0 Å². The Bertz CT molecular complexity index is 380. The minimum absolute atomic E-state index is 0.0697. The van der Waals surface area contributed by atoms with Gasteiger partial charge in [0.2, 0.25) is 0 Å². The van der Waals surface area contributed by atoms with Gasteiger partial charge in [0.1, 0.15) is 11.5 Å². The van der Waals surface area contributed by atoms with Crippen LogP contribution in [0.15, 0.2) is 4.42 Å². The summed E-state index contributed by atoms with van der Waals surface area (Å²) in [5.41, 5.74) is 1.70. The zero-order valence-corrected chi connectivity index (χ0v) is 10.9. The average Bonchev–Trinajstić information content (AvgIpc) is 2.49. The molecule has 0 atom stereocenters. The van der Waals surface area contributed by atoms with Gasteiger partial charge in [0.15, 0.2) is 0 Å². The first-order valence-electron chi connectivity index (χ1n) is 5.81. The summed E-state index contributed by atoms with van der Waals surface area (Å²) in [5, 5.41) is 0. The zero-order chi connectivity index (χ0) is 12.3. The lowest BCUT2D eigenvalue weighted by atomic mass is 10.1. The van der Waals surface area contributed by atoms with E-state index in [9.17, 15) is 4.79 Å². The smallest absolute Gasteiger partial charge is 0.257 e. The van der Waals surface area contributed by atoms with Crippen LogP contribution in [-0.4, -0.2) is 24.4 Å². The lowest BCUT2D eigenvalue weighted by Crippen LogP contribution is -2.28. The molecule has 3 heteroatoms. The molecular weight excluding hydrogens is 202 g/mol. The van der Waals surface area contributed by atoms with E-state index in [0.29, 0.717) is 0 Å². The van der Waals surface area contributed by atoms with E-state index in [4.69, 9.17) is 4.42 Å². The number of rotatable bonds is 4. The number of aryl methyl sites for hydroxylation is 2. The molecule has 1 rings (SSSR count). The molecule has 0 saturated carbocycles. The number of furan rings is 1. The van der Waals surface area contributed by atoms with Gasteiger partial charge >= 0.3 is 0 Å². The third kappa shape index (κ3) is 2.46. The number of unbranched alkanes of at least 4 members (excludes halogenated alkanes) is 1. The first-order chi connectivity index (χ1) is 7.49. The van der Waals surface area contributed by atoms with Crippen LogP contribution in [0.3, 0.4) is 0 Å². The fourth-order valence-electron chi connectivity index (χ4n) is 1.80. The quantitative estimate of drug-likeness (QED) is 0.786. The average molecular weight is 223 g/mol. The second-order valence-corrected chi connectivity index (χ2v) is 4.29. The molecule has 0 N–H and O–H groups in total. The highest BCUT2D eigenvalue weighted by Crippen LogP contribution is 2.22. The highest BCUT2D eigenvalue weighted by Gasteiger charge is 2.21. The Labute approximate surface area is 97.4 Å². The van der Waals surface area contributed by atoms with Crippen molar-refractivity contribution >= 4 is 5.91 Å². The van der Waals surface area contributed by atoms with Crippen LogP contribution in [0.5, 0.6) is 0 Å². The largest absolute Gasteiger partial charge is 0.466 e. The maximum absolute atomic E-state index is 12.2. The van der Waals surface area contributed by atoms with Gasteiger partial charge in [-0.2, -0.15) is 0 Å². The molecule has 90 valence electrons. The number of hydrogen-bond acceptors (Lipinski definition) is 2. The van der Waals surface area contributed by atoms with Crippen molar-refractivity contribution in [3.8, 4) is 0 Å². The summed E-state index contributed by atoms with van der Waals surface area (Å²) in [5.74, 6) is 1.63. The molecule has 16 heavy (non-hydrogen) atoms. The van der Waals surface area contributed by atoms with Gasteiger partial charge in [-0.15, -0.1) is 0 Å². The highest BCUT2D eigenvalue weighted by molar-refractivity contribution is 5.96. The van der Waals surface area contributed by atoms with Crippen molar-refractivity contribution in [2.24, 2.45) is 0 Å². The molecule has 0 fully saturated rings. The Balaban J connectivity index is 2.87. The van der Waals surface area contributed by atoms with Gasteiger partial charge < -0.3 is 9.32 Å². The molecule has 1 aromatic rings. The van der Waals surface area contributed by atoms with Gasteiger partial charge in [0.25, 0.3) is 5.91 Å². The number of nitrogens with zero attached hydrogens (tertiary/aromatic N) is 1. The summed E-state index contributed by atoms with van der Waals surface area (Å²) < 4.78 is 5.47. The van der Waals surface area contributed by atoms with Crippen LogP contribution < -0.4 is 0 Å². The first kappa shape index (κ1) is 12.8. The third-order valence-corrected chi connectivity index (χ3v) is 2.97. The molecule has 0 aliphatic carbocycles. The molecule has 0 saturated heterocycles. The van der Waals surface area contributed by atoms with Crippen LogP contribution in [0.1, 0.15) is 47.2 Å². The van der Waals surface area contributed by atoms with Gasteiger partial charge in [-0.3, -0.25) is 4.79 Å². The van der Waals surface area contributed by atoms with E-state index in [2.05, 4.69) is 6.92 Å². The Kier molecular flexibility index (Phi) is 4.16. The van der Waals surface area contributed by atoms with Gasteiger partial charge in [-0.25, -0.2) is 0 Å². The Morgan fingerprint density at radius 2 is 1.88 bits per heavy atom. The topological polar surface area (TPSA) is 33.5 Å². The van der Waals surface area contributed by atoms with E-state index in [1.54, 1.807) is 4.90 Å². The predicted octanol–water partition coefficient (Wildman–Crippen LogP) is 3.08. The molecule has 0 bridgehead atoms. The molecule has 0 spiro atoms. The second-order valence-electron chi connectivity index (χ2n) is 4.29. The second kappa shape index (κ2) is 5.19. The third-order valence-electron chi connectivity index (χ3n) is 2.97. The standard InChI is InChI=1S/C13H21NO2/c1-6-7-8-14(5)13(15)12-9(2)10(3)16-11(12)4/h6-8H2,1-5H3. The number of hydrogen-bond donors (Lipinski definition) is 0. The first-order valence-corrected chi connectivity index (χ1v) is 5.81. The summed E-state index contributed by atoms with van der Waals surface area (Å²) in [7, 11) is 1.85. The number of carbonyl (C=O) groups excluding carboxylic acids is 1. The lowest BCUT2D eigenvalue weighted by molar-refractivity contribution is 0.0791. The fourth-order valence-corrected chi connectivity index (χ4v) is 1.80. The molecule has 0 aromatic carbocycles. The van der Waals surface area contributed by atoms with E-state index in [1.165, 1.54) is 0 Å². The van der Waals surface area contributed by atoms with Crippen molar-refractivity contribution in [3.63, 3.8) is 0 Å². The molecule has 1 aromatic heterocycles. The fraction of sp³-hybridized carbons (Fsp3) is 0.615. The van der Waals surface area contributed by atoms with Gasteiger partial charge in [-0.1, -0.05) is 13.3 Å². The summed E-state index contributed by atoms with van der Waals surface area (Å²) >= 11 is 0. The van der Waals surface area contributed by atoms with E-state index >= 15 is 0 Å². The minimum atomic E-state index is 0.0697. The Morgan fingerprint density at radius 3 is 2.31 bits per heavy atom. The monoisotopic (exact) mass is 223 g/mol. The predicted molar refractivity (Wildman–Crippen MR) is 64.8 cm³/mol. The van der Waals surface area contributed by atoms with Crippen LogP contribution in [-0.2, 0) is 0 Å². The van der Waals surface area contributed by atoms with Gasteiger partial charge in [0, 0.05) is 19.2 Å². The van der Waals surface area contributed by atoms with E-state index < -0.39 is 0 Å². The van der Waals surface area contributed by atoms with E-state index in [-0.39, 0.29) is 5.91 Å². The van der Waals surface area contributed by atoms with Crippen LogP contribution in [0.2, 0.25) is 0 Å². The molecular formula is C13H21NO2. The normalized spacial score (nSPS) is 10.6. The molecule has 0 radical (unpaired) electrons. The minimum Gasteiger partial charge on any atom is -0.466 e. The molecule has 1 amide bonds. The van der Waals surface area contributed by atoms with Crippen molar-refractivity contribution in [2.75, 3.05) is 13.6 Å². The van der Waals surface area contributed by atoms with Crippen LogP contribution in [0.4, 0.5) is 0 Å². The van der Waals surface area contributed by atoms with Crippen LogP contribution >= 0.6 is 0 Å². The van der Waals surface area contributed by atoms with Crippen molar-refractivity contribution in [3.05, 3.63) is 22.6 Å². The van der Waals surface area contributed by atoms with Crippen molar-refractivity contribution in [1.82, 2.24) is 4.90 Å². The van der Waals surface area contributed by atoms with Crippen molar-refractivity contribution in [2.45, 2.75) is 40.5 Å². The summed E-state index contributed by atoms with van der Waals surface area (Å²) in [6.07, 6.45) is 2.14. The number of amides is 1. The molecule has 0 aliphatic heterocycles. The van der Waals surface area contributed by atoms with Gasteiger partial charge in [-0.05, 0) is 27.2 Å². The van der Waals surface area contributed by atoms with Gasteiger partial charge in [0.05, 0.1) is 5.56 Å². The summed E-state index contributed by atoms with van der Waals surface area (Å²) in [6, 6.07) is 0. The molecule has 3 nitrogen and oxygen atoms in total. The SMILES string of the molecule is CCCCN(C)C(=O)c1c(C)oc(C)c1C. The highest BCUT2D eigenvalue weighted by atomic mass is 16.3. The van der Waals surface area contributed by atoms with E-state index in [1.807, 2.05) is 27.8 Å². The van der Waals surface area contributed by atoms with Crippen LogP contribution in [0, 0.1) is 20.8 Å². The molecule has 0 aliphatic rings. The molecule has 1 heterocycles. The zero-order valence-electron chi connectivity index (χ0n) is 10.9. The lowest BCUT2D eigenvalue weighted by Gasteiger charge is -2.16. The Hall–Kier alpha value is -1.25. The maximum Gasteiger partial charge on any atom is 0.257 e. The Morgan fingerprint density at radius 1 is 1.25 bits per heavy atom. The molecule has 0 unspecified atom stereocenters. The van der Waals surface area contributed by atoms with Crippen LogP contribution in [0.25, 0.3) is 0 Å².